The molecule has 16 heavy (non-hydrogen) atoms. The lowest BCUT2D eigenvalue weighted by molar-refractivity contribution is -0.141. The topological polar surface area (TPSA) is 55.1 Å². The quantitative estimate of drug-likeness (QED) is 0.847. The van der Waals surface area contributed by atoms with E-state index in [1.807, 2.05) is 30.3 Å². The van der Waals surface area contributed by atoms with Gasteiger partial charge in [-0.15, -0.1) is 0 Å². The highest BCUT2D eigenvalue weighted by molar-refractivity contribution is 5.72. The second kappa shape index (κ2) is 4.61. The van der Waals surface area contributed by atoms with Crippen LogP contribution in [0.2, 0.25) is 0 Å². The molecule has 1 aromatic carbocycles. The van der Waals surface area contributed by atoms with Crippen LogP contribution in [0.4, 0.5) is 0 Å². The molecule has 4 heteroatoms. The molecule has 0 saturated heterocycles. The zero-order valence-corrected chi connectivity index (χ0v) is 8.65. The van der Waals surface area contributed by atoms with E-state index in [4.69, 9.17) is 5.11 Å². The van der Waals surface area contributed by atoms with Crippen molar-refractivity contribution in [2.24, 2.45) is 0 Å². The zero-order chi connectivity index (χ0) is 11.4. The molecular formula is C12H12N2O2. The minimum Gasteiger partial charge on any atom is -0.480 e. The Morgan fingerprint density at radius 3 is 2.62 bits per heavy atom. The van der Waals surface area contributed by atoms with Crippen molar-refractivity contribution in [3.05, 3.63) is 54.4 Å². The molecule has 0 fully saturated rings. The average Bonchev–Trinajstić information content (AvgIpc) is 2.80. The number of aromatic nitrogens is 2. The molecule has 4 nitrogen and oxygen atoms in total. The molecule has 1 unspecified atom stereocenters. The van der Waals surface area contributed by atoms with E-state index in [0.717, 1.165) is 5.56 Å². The molecule has 0 spiro atoms. The molecule has 2 rings (SSSR count). The van der Waals surface area contributed by atoms with Crippen LogP contribution in [0.3, 0.4) is 0 Å². The number of carbonyl (C=O) groups is 1. The fourth-order valence-corrected chi connectivity index (χ4v) is 1.60. The third kappa shape index (κ3) is 2.28. The number of hydrogen-bond acceptors (Lipinski definition) is 2. The Balaban J connectivity index is 2.19. The SMILES string of the molecule is O=C(O)C(Cc1ccccc1)n1cccn1. The number of nitrogens with zero attached hydrogens (tertiary/aromatic N) is 2. The van der Waals surface area contributed by atoms with Crippen LogP contribution in [0.5, 0.6) is 0 Å². The van der Waals surface area contributed by atoms with Crippen molar-refractivity contribution in [2.45, 2.75) is 12.5 Å². The summed E-state index contributed by atoms with van der Waals surface area (Å²) in [6, 6.07) is 10.6. The smallest absolute Gasteiger partial charge is 0.328 e. The first-order chi connectivity index (χ1) is 7.77. The van der Waals surface area contributed by atoms with E-state index in [1.54, 1.807) is 18.5 Å². The molecular weight excluding hydrogens is 204 g/mol. The van der Waals surface area contributed by atoms with Crippen LogP contribution in [0.1, 0.15) is 11.6 Å². The third-order valence-corrected chi connectivity index (χ3v) is 2.40. The first-order valence-corrected chi connectivity index (χ1v) is 5.03. The summed E-state index contributed by atoms with van der Waals surface area (Å²) >= 11 is 0. The summed E-state index contributed by atoms with van der Waals surface area (Å²) in [6.45, 7) is 0. The van der Waals surface area contributed by atoms with Gasteiger partial charge in [0.05, 0.1) is 0 Å². The van der Waals surface area contributed by atoms with Gasteiger partial charge in [-0.05, 0) is 11.6 Å². The Morgan fingerprint density at radius 2 is 2.06 bits per heavy atom. The Kier molecular flexibility index (Phi) is 3.00. The molecule has 0 amide bonds. The number of rotatable bonds is 4. The van der Waals surface area contributed by atoms with Gasteiger partial charge < -0.3 is 5.11 Å². The number of hydrogen-bond donors (Lipinski definition) is 1. The highest BCUT2D eigenvalue weighted by atomic mass is 16.4. The normalized spacial score (nSPS) is 12.2. The minimum absolute atomic E-state index is 0.442. The predicted molar refractivity (Wildman–Crippen MR) is 59.0 cm³/mol. The van der Waals surface area contributed by atoms with Crippen LogP contribution in [0.25, 0.3) is 0 Å². The Hall–Kier alpha value is -2.10. The second-order valence-electron chi connectivity index (χ2n) is 3.53. The fraction of sp³-hybridized carbons (Fsp3) is 0.167. The summed E-state index contributed by atoms with van der Waals surface area (Å²) in [6.07, 6.45) is 3.69. The van der Waals surface area contributed by atoms with Crippen LogP contribution in [0.15, 0.2) is 48.8 Å². The van der Waals surface area contributed by atoms with Gasteiger partial charge in [-0.1, -0.05) is 30.3 Å². The second-order valence-corrected chi connectivity index (χ2v) is 3.53. The summed E-state index contributed by atoms with van der Waals surface area (Å²) in [7, 11) is 0. The van der Waals surface area contributed by atoms with Crippen molar-refractivity contribution in [3.63, 3.8) is 0 Å². The molecule has 1 atom stereocenters. The van der Waals surface area contributed by atoms with Gasteiger partial charge >= 0.3 is 5.97 Å². The van der Waals surface area contributed by atoms with Gasteiger partial charge in [0.1, 0.15) is 0 Å². The predicted octanol–water partition coefficient (Wildman–Crippen LogP) is 1.75. The number of carboxylic acids is 1. The van der Waals surface area contributed by atoms with E-state index in [1.165, 1.54) is 4.68 Å². The maximum absolute atomic E-state index is 11.1. The first-order valence-electron chi connectivity index (χ1n) is 5.03. The van der Waals surface area contributed by atoms with E-state index < -0.39 is 12.0 Å². The van der Waals surface area contributed by atoms with Crippen LogP contribution in [-0.4, -0.2) is 20.9 Å². The Labute approximate surface area is 93.1 Å². The van der Waals surface area contributed by atoms with Gasteiger partial charge in [-0.3, -0.25) is 4.68 Å². The van der Waals surface area contributed by atoms with Gasteiger partial charge in [0.25, 0.3) is 0 Å². The molecule has 0 aliphatic heterocycles. The summed E-state index contributed by atoms with van der Waals surface area (Å²) in [5.41, 5.74) is 0.991. The van der Waals surface area contributed by atoms with Gasteiger partial charge in [0.15, 0.2) is 6.04 Å². The molecule has 1 heterocycles. The number of benzene rings is 1. The zero-order valence-electron chi connectivity index (χ0n) is 8.65. The summed E-state index contributed by atoms with van der Waals surface area (Å²) < 4.78 is 1.47. The van der Waals surface area contributed by atoms with Crippen molar-refractivity contribution in [1.29, 1.82) is 0 Å². The van der Waals surface area contributed by atoms with Crippen LogP contribution >= 0.6 is 0 Å². The lowest BCUT2D eigenvalue weighted by Gasteiger charge is -2.12. The minimum atomic E-state index is -0.868. The summed E-state index contributed by atoms with van der Waals surface area (Å²) in [5, 5.41) is 13.1. The summed E-state index contributed by atoms with van der Waals surface area (Å²) in [4.78, 5) is 11.1. The molecule has 0 saturated carbocycles. The van der Waals surface area contributed by atoms with E-state index in [-0.39, 0.29) is 0 Å². The fourth-order valence-electron chi connectivity index (χ4n) is 1.60. The number of carboxylic acid groups (broad SMARTS) is 1. The van der Waals surface area contributed by atoms with Crippen molar-refractivity contribution >= 4 is 5.97 Å². The van der Waals surface area contributed by atoms with Crippen molar-refractivity contribution in [2.75, 3.05) is 0 Å². The summed E-state index contributed by atoms with van der Waals surface area (Å²) in [5.74, 6) is -0.868. The van der Waals surface area contributed by atoms with Crippen molar-refractivity contribution in [3.8, 4) is 0 Å². The maximum atomic E-state index is 11.1. The molecule has 0 radical (unpaired) electrons. The van der Waals surface area contributed by atoms with Crippen molar-refractivity contribution < 1.29 is 9.90 Å². The molecule has 1 N–H and O–H groups in total. The Morgan fingerprint density at radius 1 is 1.31 bits per heavy atom. The van der Waals surface area contributed by atoms with Gasteiger partial charge in [0, 0.05) is 18.8 Å². The van der Waals surface area contributed by atoms with Crippen LogP contribution < -0.4 is 0 Å². The van der Waals surface area contributed by atoms with Crippen LogP contribution in [-0.2, 0) is 11.2 Å². The number of aliphatic carboxylic acids is 1. The average molecular weight is 216 g/mol. The highest BCUT2D eigenvalue weighted by Crippen LogP contribution is 2.13. The molecule has 82 valence electrons. The van der Waals surface area contributed by atoms with E-state index in [0.29, 0.717) is 6.42 Å². The molecule has 2 aromatic rings. The monoisotopic (exact) mass is 216 g/mol. The molecule has 0 aliphatic rings. The van der Waals surface area contributed by atoms with E-state index in [2.05, 4.69) is 5.10 Å². The first kappa shape index (κ1) is 10.4. The Bertz CT molecular complexity index is 451. The maximum Gasteiger partial charge on any atom is 0.328 e. The highest BCUT2D eigenvalue weighted by Gasteiger charge is 2.19. The largest absolute Gasteiger partial charge is 0.480 e. The van der Waals surface area contributed by atoms with Crippen molar-refractivity contribution in [1.82, 2.24) is 9.78 Å². The molecule has 1 aromatic heterocycles. The van der Waals surface area contributed by atoms with Gasteiger partial charge in [0.2, 0.25) is 0 Å². The van der Waals surface area contributed by atoms with Gasteiger partial charge in [-0.25, -0.2) is 4.79 Å². The standard InChI is InChI=1S/C12H12N2O2/c15-12(16)11(14-8-4-7-13-14)9-10-5-2-1-3-6-10/h1-8,11H,9H2,(H,15,16). The third-order valence-electron chi connectivity index (χ3n) is 2.40. The lowest BCUT2D eigenvalue weighted by atomic mass is 10.1. The van der Waals surface area contributed by atoms with E-state index in [9.17, 15) is 4.79 Å². The lowest BCUT2D eigenvalue weighted by Crippen LogP contribution is -2.21. The van der Waals surface area contributed by atoms with E-state index >= 15 is 0 Å². The van der Waals surface area contributed by atoms with Crippen LogP contribution in [0, 0.1) is 0 Å². The molecule has 0 bridgehead atoms. The van der Waals surface area contributed by atoms with Gasteiger partial charge in [-0.2, -0.15) is 5.10 Å². The molecule has 0 aliphatic carbocycles.